The van der Waals surface area contributed by atoms with E-state index in [0.717, 1.165) is 16.6 Å². The van der Waals surface area contributed by atoms with Crippen LogP contribution in [0.5, 0.6) is 0 Å². The third-order valence-electron chi connectivity index (χ3n) is 1.19. The van der Waals surface area contributed by atoms with E-state index in [1.54, 1.807) is 18.0 Å². The second kappa shape index (κ2) is 1.95. The molecule has 2 rings (SSSR count). The molecule has 2 heterocycles. The molecule has 0 radical (unpaired) electrons. The van der Waals surface area contributed by atoms with Crippen molar-refractivity contribution >= 4 is 17.6 Å². The summed E-state index contributed by atoms with van der Waals surface area (Å²) in [6.45, 7) is 0.558. The van der Waals surface area contributed by atoms with Gasteiger partial charge in [-0.1, -0.05) is 11.8 Å². The molecule has 1 N–H and O–H groups in total. The molecule has 2 aliphatic rings. The summed E-state index contributed by atoms with van der Waals surface area (Å²) in [6, 6.07) is 0. The summed E-state index contributed by atoms with van der Waals surface area (Å²) in [4.78, 5) is 5.30. The molecule has 0 unspecified atom stereocenters. The fourth-order valence-corrected chi connectivity index (χ4v) is 1.52. The zero-order valence-electron chi connectivity index (χ0n) is 4.76. The number of hydrogen-bond donors (Lipinski definition) is 1. The number of rotatable bonds is 0. The van der Waals surface area contributed by atoms with Crippen LogP contribution >= 0.6 is 11.8 Å². The third kappa shape index (κ3) is 0.790. The summed E-state index contributed by atoms with van der Waals surface area (Å²) in [5.74, 6) is 1.82. The van der Waals surface area contributed by atoms with E-state index in [0.29, 0.717) is 6.73 Å². The highest BCUT2D eigenvalue weighted by atomic mass is 32.2. The molecule has 0 saturated carbocycles. The Kier molecular flexibility index (Phi) is 1.12. The van der Waals surface area contributed by atoms with E-state index in [4.69, 9.17) is 4.74 Å². The lowest BCUT2D eigenvalue weighted by Crippen LogP contribution is -2.28. The number of amidine groups is 1. The van der Waals surface area contributed by atoms with Crippen LogP contribution in [0.3, 0.4) is 0 Å². The van der Waals surface area contributed by atoms with Crippen molar-refractivity contribution in [2.75, 3.05) is 12.6 Å². The fraction of sp³-hybridized carbons (Fsp3) is 0.400. The van der Waals surface area contributed by atoms with E-state index in [1.165, 1.54) is 0 Å². The maximum absolute atomic E-state index is 5.01. The zero-order valence-corrected chi connectivity index (χ0v) is 5.57. The molecule has 0 bridgehead atoms. The molecule has 0 saturated heterocycles. The quantitative estimate of drug-likeness (QED) is 0.535. The standard InChI is InChI=1S/C5H6N2OS/c1-4-5(6-2-8-1)7-3-9-4/h1H,2-3H2,(H,6,7). The minimum Gasteiger partial charge on any atom is -0.480 e. The van der Waals surface area contributed by atoms with Crippen LogP contribution in [0, 0.1) is 0 Å². The maximum Gasteiger partial charge on any atom is 0.159 e. The number of nitrogens with one attached hydrogen (secondary N) is 1. The van der Waals surface area contributed by atoms with Gasteiger partial charge in [0, 0.05) is 0 Å². The van der Waals surface area contributed by atoms with Crippen molar-refractivity contribution in [1.82, 2.24) is 5.32 Å². The Hall–Kier alpha value is -0.640. The van der Waals surface area contributed by atoms with Gasteiger partial charge in [0.25, 0.3) is 0 Å². The first-order chi connectivity index (χ1) is 4.47. The van der Waals surface area contributed by atoms with Crippen LogP contribution in [0.1, 0.15) is 0 Å². The highest BCUT2D eigenvalue weighted by molar-refractivity contribution is 8.04. The predicted molar refractivity (Wildman–Crippen MR) is 37.1 cm³/mol. The van der Waals surface area contributed by atoms with Crippen LogP contribution in [-0.4, -0.2) is 18.4 Å². The SMILES string of the molecule is C1=C2SCN=C2NCO1. The van der Waals surface area contributed by atoms with Gasteiger partial charge >= 0.3 is 0 Å². The third-order valence-corrected chi connectivity index (χ3v) is 2.05. The van der Waals surface area contributed by atoms with Crippen LogP contribution in [0.15, 0.2) is 16.2 Å². The monoisotopic (exact) mass is 142 g/mol. The molecule has 0 amide bonds. The Labute approximate surface area is 57.2 Å². The van der Waals surface area contributed by atoms with E-state index in [-0.39, 0.29) is 0 Å². The molecular weight excluding hydrogens is 136 g/mol. The molecule has 0 fully saturated rings. The Morgan fingerprint density at radius 3 is 3.67 bits per heavy atom. The average molecular weight is 142 g/mol. The number of fused-ring (bicyclic) bond motifs is 1. The van der Waals surface area contributed by atoms with E-state index in [9.17, 15) is 0 Å². The molecule has 4 heteroatoms. The van der Waals surface area contributed by atoms with Gasteiger partial charge in [-0.2, -0.15) is 0 Å². The second-order valence-electron chi connectivity index (χ2n) is 1.75. The molecule has 0 aromatic rings. The Morgan fingerprint density at radius 1 is 1.78 bits per heavy atom. The van der Waals surface area contributed by atoms with Gasteiger partial charge < -0.3 is 10.1 Å². The minimum atomic E-state index is 0.558. The van der Waals surface area contributed by atoms with Crippen LogP contribution in [0.4, 0.5) is 0 Å². The Morgan fingerprint density at radius 2 is 2.78 bits per heavy atom. The first kappa shape index (κ1) is 5.17. The smallest absolute Gasteiger partial charge is 0.159 e. The van der Waals surface area contributed by atoms with Crippen LogP contribution < -0.4 is 5.32 Å². The van der Waals surface area contributed by atoms with E-state index in [1.807, 2.05) is 0 Å². The van der Waals surface area contributed by atoms with E-state index < -0.39 is 0 Å². The molecule has 0 spiro atoms. The highest BCUT2D eigenvalue weighted by Gasteiger charge is 2.16. The van der Waals surface area contributed by atoms with Gasteiger partial charge in [0.1, 0.15) is 12.1 Å². The molecule has 0 aromatic heterocycles. The van der Waals surface area contributed by atoms with Crippen molar-refractivity contribution in [3.63, 3.8) is 0 Å². The van der Waals surface area contributed by atoms with Gasteiger partial charge in [-0.25, -0.2) is 0 Å². The fourth-order valence-electron chi connectivity index (χ4n) is 0.773. The lowest BCUT2D eigenvalue weighted by molar-refractivity contribution is 0.235. The van der Waals surface area contributed by atoms with Crippen molar-refractivity contribution in [2.24, 2.45) is 4.99 Å². The van der Waals surface area contributed by atoms with Crippen molar-refractivity contribution < 1.29 is 4.74 Å². The number of aliphatic imine (C=N–C) groups is 1. The second-order valence-corrected chi connectivity index (χ2v) is 2.74. The molecule has 0 aromatic carbocycles. The zero-order chi connectivity index (χ0) is 6.10. The Bertz CT molecular complexity index is 187. The van der Waals surface area contributed by atoms with Crippen molar-refractivity contribution in [3.05, 3.63) is 11.2 Å². The topological polar surface area (TPSA) is 33.6 Å². The molecular formula is C5H6N2OS. The first-order valence-electron chi connectivity index (χ1n) is 2.70. The average Bonchev–Trinajstić information content (AvgIpc) is 2.33. The largest absolute Gasteiger partial charge is 0.480 e. The van der Waals surface area contributed by atoms with Crippen LogP contribution in [0.2, 0.25) is 0 Å². The molecule has 3 nitrogen and oxygen atoms in total. The molecule has 48 valence electrons. The Balaban J connectivity index is 2.30. The number of ether oxygens (including phenoxy) is 1. The van der Waals surface area contributed by atoms with Crippen LogP contribution in [-0.2, 0) is 4.74 Å². The van der Waals surface area contributed by atoms with Crippen molar-refractivity contribution in [2.45, 2.75) is 0 Å². The molecule has 0 aliphatic carbocycles. The van der Waals surface area contributed by atoms with Crippen molar-refractivity contribution in [3.8, 4) is 0 Å². The molecule has 2 aliphatic heterocycles. The van der Waals surface area contributed by atoms with Crippen molar-refractivity contribution in [1.29, 1.82) is 0 Å². The van der Waals surface area contributed by atoms with Gasteiger partial charge in [-0.15, -0.1) is 0 Å². The normalized spacial score (nSPS) is 23.1. The summed E-state index contributed by atoms with van der Waals surface area (Å²) in [6.07, 6.45) is 1.76. The number of hydrogen-bond acceptors (Lipinski definition) is 4. The van der Waals surface area contributed by atoms with Gasteiger partial charge in [-0.3, -0.25) is 4.99 Å². The lowest BCUT2D eigenvalue weighted by atomic mass is 10.5. The highest BCUT2D eigenvalue weighted by Crippen LogP contribution is 2.24. The van der Waals surface area contributed by atoms with E-state index >= 15 is 0 Å². The summed E-state index contributed by atoms with van der Waals surface area (Å²) in [5, 5.41) is 3.02. The van der Waals surface area contributed by atoms with Gasteiger partial charge in [0.05, 0.1) is 10.8 Å². The van der Waals surface area contributed by atoms with Gasteiger partial charge in [0.15, 0.2) is 6.73 Å². The lowest BCUT2D eigenvalue weighted by Gasteiger charge is -2.11. The molecule has 0 atom stereocenters. The maximum atomic E-state index is 5.01. The number of thioether (sulfide) groups is 1. The van der Waals surface area contributed by atoms with E-state index in [2.05, 4.69) is 10.3 Å². The minimum absolute atomic E-state index is 0.558. The number of nitrogens with zero attached hydrogens (tertiary/aromatic N) is 1. The first-order valence-corrected chi connectivity index (χ1v) is 3.68. The van der Waals surface area contributed by atoms with Gasteiger partial charge in [-0.05, 0) is 0 Å². The summed E-state index contributed by atoms with van der Waals surface area (Å²) in [5.41, 5.74) is 0. The molecule has 9 heavy (non-hydrogen) atoms. The summed E-state index contributed by atoms with van der Waals surface area (Å²) < 4.78 is 5.01. The summed E-state index contributed by atoms with van der Waals surface area (Å²) >= 11 is 1.70. The summed E-state index contributed by atoms with van der Waals surface area (Å²) in [7, 11) is 0. The van der Waals surface area contributed by atoms with Gasteiger partial charge in [0.2, 0.25) is 0 Å². The predicted octanol–water partition coefficient (Wildman–Crippen LogP) is 0.508. The van der Waals surface area contributed by atoms with Crippen LogP contribution in [0.25, 0.3) is 0 Å².